The maximum atomic E-state index is 12.2. The van der Waals surface area contributed by atoms with Gasteiger partial charge in [-0.3, -0.25) is 4.79 Å². The average Bonchev–Trinajstić information content (AvgIpc) is 2.62. The highest BCUT2D eigenvalue weighted by molar-refractivity contribution is 9.10. The summed E-state index contributed by atoms with van der Waals surface area (Å²) >= 11 is 4.84. The van der Waals surface area contributed by atoms with Crippen molar-refractivity contribution >= 4 is 33.2 Å². The molecule has 0 spiro atoms. The van der Waals surface area contributed by atoms with Gasteiger partial charge in [-0.2, -0.15) is 0 Å². The summed E-state index contributed by atoms with van der Waals surface area (Å²) in [6.07, 6.45) is 0.243. The molecule has 2 atom stereocenters. The normalized spacial score (nSPS) is 25.8. The number of carbonyl (C=O) groups excluding carboxylic acids is 1. The zero-order chi connectivity index (χ0) is 11.7. The van der Waals surface area contributed by atoms with E-state index in [0.717, 1.165) is 9.35 Å². The number of amides is 1. The minimum absolute atomic E-state index is 0.109. The Bertz CT molecular complexity index is 383. The van der Waals surface area contributed by atoms with Crippen LogP contribution in [-0.4, -0.2) is 36.1 Å². The van der Waals surface area contributed by atoms with E-state index < -0.39 is 0 Å². The topological polar surface area (TPSA) is 29.5 Å². The highest BCUT2D eigenvalue weighted by Crippen LogP contribution is 2.22. The van der Waals surface area contributed by atoms with E-state index in [-0.39, 0.29) is 18.1 Å². The van der Waals surface area contributed by atoms with Gasteiger partial charge in [-0.1, -0.05) is 0 Å². The molecule has 16 heavy (non-hydrogen) atoms. The van der Waals surface area contributed by atoms with Crippen LogP contribution in [0.15, 0.2) is 15.9 Å². The molecule has 0 saturated carbocycles. The first-order valence-corrected chi connectivity index (χ1v) is 6.92. The Labute approximate surface area is 108 Å². The molecule has 5 heteroatoms. The molecule has 0 bridgehead atoms. The van der Waals surface area contributed by atoms with Crippen molar-refractivity contribution in [1.29, 1.82) is 0 Å². The molecule has 0 aliphatic carbocycles. The van der Waals surface area contributed by atoms with Crippen molar-refractivity contribution in [1.82, 2.24) is 4.90 Å². The van der Waals surface area contributed by atoms with Crippen molar-refractivity contribution < 1.29 is 9.53 Å². The second-order valence-electron chi connectivity index (χ2n) is 4.10. The van der Waals surface area contributed by atoms with Gasteiger partial charge in [-0.05, 0) is 35.8 Å². The number of morpholine rings is 1. The number of rotatable bonds is 1. The van der Waals surface area contributed by atoms with Crippen LogP contribution in [0, 0.1) is 0 Å². The van der Waals surface area contributed by atoms with Crippen molar-refractivity contribution in [2.45, 2.75) is 26.1 Å². The molecule has 0 N–H and O–H groups in total. The molecular weight excluding hydrogens is 290 g/mol. The summed E-state index contributed by atoms with van der Waals surface area (Å²) in [7, 11) is 0. The fourth-order valence-corrected chi connectivity index (χ4v) is 3.32. The van der Waals surface area contributed by atoms with Crippen molar-refractivity contribution in [2.75, 3.05) is 13.1 Å². The van der Waals surface area contributed by atoms with Crippen LogP contribution in [-0.2, 0) is 4.74 Å². The van der Waals surface area contributed by atoms with Crippen molar-refractivity contribution in [3.8, 4) is 0 Å². The van der Waals surface area contributed by atoms with Crippen LogP contribution in [0.25, 0.3) is 0 Å². The molecule has 1 aliphatic heterocycles. The van der Waals surface area contributed by atoms with Gasteiger partial charge in [-0.25, -0.2) is 0 Å². The molecule has 88 valence electrons. The molecule has 1 amide bonds. The third kappa shape index (κ3) is 2.64. The molecule has 3 nitrogen and oxygen atoms in total. The fraction of sp³-hybridized carbons (Fsp3) is 0.545. The van der Waals surface area contributed by atoms with E-state index in [4.69, 9.17) is 4.74 Å². The van der Waals surface area contributed by atoms with Gasteiger partial charge in [0.25, 0.3) is 5.91 Å². The van der Waals surface area contributed by atoms with Crippen LogP contribution in [0.5, 0.6) is 0 Å². The maximum absolute atomic E-state index is 12.2. The quantitative estimate of drug-likeness (QED) is 0.798. The van der Waals surface area contributed by atoms with Gasteiger partial charge < -0.3 is 9.64 Å². The lowest BCUT2D eigenvalue weighted by molar-refractivity contribution is -0.0585. The summed E-state index contributed by atoms with van der Waals surface area (Å²) in [5, 5.41) is 1.93. The van der Waals surface area contributed by atoms with E-state index in [1.165, 1.54) is 11.3 Å². The maximum Gasteiger partial charge on any atom is 0.264 e. The molecule has 1 fully saturated rings. The van der Waals surface area contributed by atoms with Crippen LogP contribution < -0.4 is 0 Å². The standard InChI is InChI=1S/C11H14BrNO2S/c1-7-4-13(5-8(2)15-7)11(14)10-3-9(12)6-16-10/h3,6-8H,4-5H2,1-2H3/t7-,8+. The number of carbonyl (C=O) groups is 1. The Morgan fingerprint density at radius 3 is 2.62 bits per heavy atom. The Hall–Kier alpha value is -0.390. The average molecular weight is 304 g/mol. The summed E-state index contributed by atoms with van der Waals surface area (Å²) in [6, 6.07) is 1.87. The van der Waals surface area contributed by atoms with Crippen LogP contribution in [0.1, 0.15) is 23.5 Å². The van der Waals surface area contributed by atoms with Gasteiger partial charge in [0.2, 0.25) is 0 Å². The number of hydrogen-bond donors (Lipinski definition) is 0. The summed E-state index contributed by atoms with van der Waals surface area (Å²) in [5.74, 6) is 0.109. The van der Waals surface area contributed by atoms with E-state index in [1.54, 1.807) is 0 Å². The Balaban J connectivity index is 2.09. The van der Waals surface area contributed by atoms with Gasteiger partial charge in [0.15, 0.2) is 0 Å². The lowest BCUT2D eigenvalue weighted by Crippen LogP contribution is -2.48. The third-order valence-electron chi connectivity index (χ3n) is 2.49. The molecule has 1 aromatic rings. The minimum Gasteiger partial charge on any atom is -0.372 e. The minimum atomic E-state index is 0.109. The molecule has 1 saturated heterocycles. The molecule has 0 aromatic carbocycles. The monoisotopic (exact) mass is 303 g/mol. The lowest BCUT2D eigenvalue weighted by Gasteiger charge is -2.35. The molecule has 0 radical (unpaired) electrons. The van der Waals surface area contributed by atoms with Crippen molar-refractivity contribution in [3.63, 3.8) is 0 Å². The van der Waals surface area contributed by atoms with Crippen LogP contribution in [0.4, 0.5) is 0 Å². The summed E-state index contributed by atoms with van der Waals surface area (Å²) < 4.78 is 6.58. The van der Waals surface area contributed by atoms with E-state index in [2.05, 4.69) is 15.9 Å². The second-order valence-corrected chi connectivity index (χ2v) is 5.92. The predicted molar refractivity (Wildman–Crippen MR) is 67.9 cm³/mol. The van der Waals surface area contributed by atoms with E-state index in [1.807, 2.05) is 30.2 Å². The highest BCUT2D eigenvalue weighted by Gasteiger charge is 2.27. The first-order chi connectivity index (χ1) is 7.56. The first-order valence-electron chi connectivity index (χ1n) is 5.25. The van der Waals surface area contributed by atoms with Crippen LogP contribution >= 0.6 is 27.3 Å². The Kier molecular flexibility index (Phi) is 3.66. The first kappa shape index (κ1) is 12.1. The Morgan fingerprint density at radius 2 is 2.12 bits per heavy atom. The number of thiophene rings is 1. The summed E-state index contributed by atoms with van der Waals surface area (Å²) in [5.41, 5.74) is 0. The molecular formula is C11H14BrNO2S. The number of halogens is 1. The fourth-order valence-electron chi connectivity index (χ4n) is 1.92. The third-order valence-corrected chi connectivity index (χ3v) is 4.16. The molecule has 2 heterocycles. The summed E-state index contributed by atoms with van der Waals surface area (Å²) in [4.78, 5) is 14.8. The predicted octanol–water partition coefficient (Wildman–Crippen LogP) is 2.76. The van der Waals surface area contributed by atoms with E-state index >= 15 is 0 Å². The van der Waals surface area contributed by atoms with E-state index in [0.29, 0.717) is 13.1 Å². The van der Waals surface area contributed by atoms with Crippen LogP contribution in [0.3, 0.4) is 0 Å². The molecule has 0 unspecified atom stereocenters. The Morgan fingerprint density at radius 1 is 1.50 bits per heavy atom. The zero-order valence-electron chi connectivity index (χ0n) is 9.27. The number of ether oxygens (including phenoxy) is 1. The van der Waals surface area contributed by atoms with Crippen LogP contribution in [0.2, 0.25) is 0 Å². The SMILES string of the molecule is C[C@@H]1CN(C(=O)c2cc(Br)cs2)C[C@H](C)O1. The van der Waals surface area contributed by atoms with E-state index in [9.17, 15) is 4.79 Å². The largest absolute Gasteiger partial charge is 0.372 e. The summed E-state index contributed by atoms with van der Waals surface area (Å²) in [6.45, 7) is 5.36. The van der Waals surface area contributed by atoms with Gasteiger partial charge in [0.05, 0.1) is 17.1 Å². The van der Waals surface area contributed by atoms with Gasteiger partial charge in [0, 0.05) is 22.9 Å². The molecule has 2 rings (SSSR count). The zero-order valence-corrected chi connectivity index (χ0v) is 11.7. The lowest BCUT2D eigenvalue weighted by atomic mass is 10.2. The van der Waals surface area contributed by atoms with Crippen molar-refractivity contribution in [2.24, 2.45) is 0 Å². The smallest absolute Gasteiger partial charge is 0.264 e. The second kappa shape index (κ2) is 4.85. The van der Waals surface area contributed by atoms with Gasteiger partial charge >= 0.3 is 0 Å². The van der Waals surface area contributed by atoms with Gasteiger partial charge in [-0.15, -0.1) is 11.3 Å². The molecule has 1 aromatic heterocycles. The number of hydrogen-bond acceptors (Lipinski definition) is 3. The molecule has 1 aliphatic rings. The number of nitrogens with zero attached hydrogens (tertiary/aromatic N) is 1. The highest BCUT2D eigenvalue weighted by atomic mass is 79.9. The van der Waals surface area contributed by atoms with Crippen molar-refractivity contribution in [3.05, 3.63) is 20.8 Å². The van der Waals surface area contributed by atoms with Gasteiger partial charge in [0.1, 0.15) is 0 Å².